The van der Waals surface area contributed by atoms with Gasteiger partial charge in [0.15, 0.2) is 0 Å². The van der Waals surface area contributed by atoms with Crippen molar-refractivity contribution in [3.05, 3.63) is 54.4 Å². The van der Waals surface area contributed by atoms with Crippen LogP contribution in [0.3, 0.4) is 0 Å². The molecule has 1 aromatic carbocycles. The van der Waals surface area contributed by atoms with Crippen LogP contribution >= 0.6 is 0 Å². The van der Waals surface area contributed by atoms with Crippen LogP contribution < -0.4 is 10.6 Å². The molecule has 0 saturated carbocycles. The molecule has 0 heterocycles. The maximum Gasteiger partial charge on any atom is 0.0473 e. The number of hydrogen-bond acceptors (Lipinski definition) is 2. The SMILES string of the molecule is C=C/C(N)=C\N(C)c1ccc(C)cc1. The largest absolute Gasteiger partial charge is 0.398 e. The molecule has 74 valence electrons. The molecule has 0 aromatic heterocycles. The average molecular weight is 188 g/mol. The minimum Gasteiger partial charge on any atom is -0.398 e. The number of nitrogens with two attached hydrogens (primary N) is 1. The van der Waals surface area contributed by atoms with Crippen LogP contribution in [0.2, 0.25) is 0 Å². The third kappa shape index (κ3) is 2.66. The lowest BCUT2D eigenvalue weighted by molar-refractivity contribution is 1.17. The standard InChI is InChI=1S/C12H16N2/c1-4-11(13)9-14(3)12-7-5-10(2)6-8-12/h4-9H,1,13H2,2-3H3/b11-9+. The summed E-state index contributed by atoms with van der Waals surface area (Å²) in [5.74, 6) is 0. The first kappa shape index (κ1) is 10.4. The van der Waals surface area contributed by atoms with E-state index in [0.29, 0.717) is 5.70 Å². The summed E-state index contributed by atoms with van der Waals surface area (Å²) in [7, 11) is 1.96. The van der Waals surface area contributed by atoms with Gasteiger partial charge >= 0.3 is 0 Å². The highest BCUT2D eigenvalue weighted by Crippen LogP contribution is 2.13. The van der Waals surface area contributed by atoms with Crippen LogP contribution in [0.15, 0.2) is 48.8 Å². The second kappa shape index (κ2) is 4.51. The lowest BCUT2D eigenvalue weighted by atomic mass is 10.2. The lowest BCUT2D eigenvalue weighted by Gasteiger charge is -2.14. The number of hydrogen-bond donors (Lipinski definition) is 1. The molecule has 0 aliphatic rings. The van der Waals surface area contributed by atoms with Crippen molar-refractivity contribution in [3.8, 4) is 0 Å². The van der Waals surface area contributed by atoms with Crippen molar-refractivity contribution < 1.29 is 0 Å². The van der Waals surface area contributed by atoms with Crippen molar-refractivity contribution in [2.24, 2.45) is 5.73 Å². The first-order chi connectivity index (χ1) is 6.63. The highest BCUT2D eigenvalue weighted by Gasteiger charge is 1.96. The summed E-state index contributed by atoms with van der Waals surface area (Å²) in [5.41, 5.74) is 8.67. The van der Waals surface area contributed by atoms with E-state index in [4.69, 9.17) is 5.73 Å². The van der Waals surface area contributed by atoms with Crippen molar-refractivity contribution in [1.82, 2.24) is 0 Å². The van der Waals surface area contributed by atoms with E-state index in [9.17, 15) is 0 Å². The van der Waals surface area contributed by atoms with Gasteiger partial charge < -0.3 is 10.6 Å². The van der Waals surface area contributed by atoms with Crippen molar-refractivity contribution in [2.45, 2.75) is 6.92 Å². The molecule has 0 aliphatic carbocycles. The van der Waals surface area contributed by atoms with Gasteiger partial charge in [-0.15, -0.1) is 0 Å². The fraction of sp³-hybridized carbons (Fsp3) is 0.167. The van der Waals surface area contributed by atoms with Crippen LogP contribution in [0.4, 0.5) is 5.69 Å². The first-order valence-electron chi connectivity index (χ1n) is 4.52. The number of aryl methyl sites for hydroxylation is 1. The van der Waals surface area contributed by atoms with Gasteiger partial charge in [0.05, 0.1) is 0 Å². The molecule has 0 radical (unpaired) electrons. The van der Waals surface area contributed by atoms with E-state index in [2.05, 4.69) is 37.8 Å². The fourth-order valence-corrected chi connectivity index (χ4v) is 1.13. The quantitative estimate of drug-likeness (QED) is 0.738. The predicted molar refractivity (Wildman–Crippen MR) is 62.0 cm³/mol. The van der Waals surface area contributed by atoms with E-state index in [1.54, 1.807) is 6.08 Å². The van der Waals surface area contributed by atoms with Gasteiger partial charge in [0.1, 0.15) is 0 Å². The predicted octanol–water partition coefficient (Wildman–Crippen LogP) is 2.42. The van der Waals surface area contributed by atoms with Crippen molar-refractivity contribution >= 4 is 5.69 Å². The number of anilines is 1. The van der Waals surface area contributed by atoms with E-state index >= 15 is 0 Å². The van der Waals surface area contributed by atoms with E-state index in [0.717, 1.165) is 5.69 Å². The first-order valence-corrected chi connectivity index (χ1v) is 4.52. The minimum absolute atomic E-state index is 0.660. The van der Waals surface area contributed by atoms with Crippen LogP contribution in [0, 0.1) is 6.92 Å². The fourth-order valence-electron chi connectivity index (χ4n) is 1.13. The molecule has 0 aliphatic heterocycles. The van der Waals surface area contributed by atoms with Crippen LogP contribution in [0.25, 0.3) is 0 Å². The molecule has 0 bridgehead atoms. The Balaban J connectivity index is 2.84. The Labute approximate surface area is 85.3 Å². The maximum absolute atomic E-state index is 5.64. The molecule has 1 rings (SSSR count). The number of nitrogens with zero attached hydrogens (tertiary/aromatic N) is 1. The molecule has 0 unspecified atom stereocenters. The van der Waals surface area contributed by atoms with E-state index in [-0.39, 0.29) is 0 Å². The highest BCUT2D eigenvalue weighted by molar-refractivity contribution is 5.50. The Bertz CT molecular complexity index is 336. The second-order valence-corrected chi connectivity index (χ2v) is 3.28. The molecule has 2 heteroatoms. The van der Waals surface area contributed by atoms with Crippen molar-refractivity contribution in [1.29, 1.82) is 0 Å². The van der Waals surface area contributed by atoms with Crippen LogP contribution in [0.1, 0.15) is 5.56 Å². The molecule has 14 heavy (non-hydrogen) atoms. The number of allylic oxidation sites excluding steroid dienone is 1. The Morgan fingerprint density at radius 3 is 2.43 bits per heavy atom. The van der Waals surface area contributed by atoms with E-state index in [1.165, 1.54) is 5.56 Å². The summed E-state index contributed by atoms with van der Waals surface area (Å²) >= 11 is 0. The van der Waals surface area contributed by atoms with Crippen molar-refractivity contribution in [2.75, 3.05) is 11.9 Å². The van der Waals surface area contributed by atoms with Gasteiger partial charge in [-0.05, 0) is 25.1 Å². The zero-order valence-electron chi connectivity index (χ0n) is 8.70. The van der Waals surface area contributed by atoms with E-state index in [1.807, 2.05) is 18.1 Å². The summed E-state index contributed by atoms with van der Waals surface area (Å²) in [6.07, 6.45) is 3.47. The van der Waals surface area contributed by atoms with Crippen LogP contribution in [0.5, 0.6) is 0 Å². The second-order valence-electron chi connectivity index (χ2n) is 3.28. The van der Waals surface area contributed by atoms with Gasteiger partial charge in [0.2, 0.25) is 0 Å². The molecule has 2 nitrogen and oxygen atoms in total. The highest BCUT2D eigenvalue weighted by atomic mass is 15.1. The zero-order chi connectivity index (χ0) is 10.6. The summed E-state index contributed by atoms with van der Waals surface area (Å²) in [6, 6.07) is 8.26. The monoisotopic (exact) mass is 188 g/mol. The molecule has 0 amide bonds. The Hall–Kier alpha value is -1.70. The normalized spacial score (nSPS) is 11.1. The number of benzene rings is 1. The topological polar surface area (TPSA) is 29.3 Å². The van der Waals surface area contributed by atoms with Gasteiger partial charge in [0.25, 0.3) is 0 Å². The maximum atomic E-state index is 5.64. The molecular formula is C12H16N2. The summed E-state index contributed by atoms with van der Waals surface area (Å²) in [4.78, 5) is 1.97. The number of rotatable bonds is 3. The molecule has 0 fully saturated rings. The van der Waals surface area contributed by atoms with Gasteiger partial charge in [-0.25, -0.2) is 0 Å². The zero-order valence-corrected chi connectivity index (χ0v) is 8.70. The Morgan fingerprint density at radius 1 is 1.36 bits per heavy atom. The molecule has 0 spiro atoms. The van der Waals surface area contributed by atoms with Gasteiger partial charge in [-0.3, -0.25) is 0 Å². The molecule has 0 saturated heterocycles. The Kier molecular flexibility index (Phi) is 3.35. The van der Waals surface area contributed by atoms with E-state index < -0.39 is 0 Å². The smallest absolute Gasteiger partial charge is 0.0473 e. The lowest BCUT2D eigenvalue weighted by Crippen LogP contribution is -2.11. The summed E-state index contributed by atoms with van der Waals surface area (Å²) < 4.78 is 0. The third-order valence-electron chi connectivity index (χ3n) is 2.02. The van der Waals surface area contributed by atoms with Gasteiger partial charge in [-0.1, -0.05) is 24.3 Å². The van der Waals surface area contributed by atoms with Crippen LogP contribution in [-0.2, 0) is 0 Å². The van der Waals surface area contributed by atoms with Crippen LogP contribution in [-0.4, -0.2) is 7.05 Å². The summed E-state index contributed by atoms with van der Waals surface area (Å²) in [6.45, 7) is 5.67. The third-order valence-corrected chi connectivity index (χ3v) is 2.02. The minimum atomic E-state index is 0.660. The molecule has 0 atom stereocenters. The molecular weight excluding hydrogens is 172 g/mol. The average Bonchev–Trinajstić information content (AvgIpc) is 2.18. The molecule has 2 N–H and O–H groups in total. The van der Waals surface area contributed by atoms with Gasteiger partial charge in [0, 0.05) is 24.6 Å². The summed E-state index contributed by atoms with van der Waals surface area (Å²) in [5, 5.41) is 0. The Morgan fingerprint density at radius 2 is 1.93 bits per heavy atom. The molecule has 1 aromatic rings. The van der Waals surface area contributed by atoms with Crippen molar-refractivity contribution in [3.63, 3.8) is 0 Å². The van der Waals surface area contributed by atoms with Gasteiger partial charge in [-0.2, -0.15) is 0 Å².